The van der Waals surface area contributed by atoms with Crippen molar-refractivity contribution in [1.29, 1.82) is 0 Å². The zero-order valence-electron chi connectivity index (χ0n) is 13.6. The topological polar surface area (TPSA) is 67.1 Å². The van der Waals surface area contributed by atoms with Gasteiger partial charge in [0, 0.05) is 16.7 Å². The molecule has 0 aliphatic carbocycles. The fraction of sp³-hybridized carbons (Fsp3) is 0.111. The third-order valence-corrected chi connectivity index (χ3v) is 4.18. The molecular formula is C18H17BrFN5. The zero-order chi connectivity index (χ0) is 17.8. The van der Waals surface area contributed by atoms with E-state index in [1.165, 1.54) is 12.4 Å². The Morgan fingerprint density at radius 2 is 1.92 bits per heavy atom. The van der Waals surface area contributed by atoms with E-state index >= 15 is 0 Å². The smallest absolute Gasteiger partial charge is 0.161 e. The molecule has 1 heterocycles. The second kappa shape index (κ2) is 7.48. The lowest BCUT2D eigenvalue weighted by molar-refractivity contribution is 0.631. The maximum Gasteiger partial charge on any atom is 0.161 e. The lowest BCUT2D eigenvalue weighted by Gasteiger charge is -2.24. The van der Waals surface area contributed by atoms with Crippen LogP contribution in [0.3, 0.4) is 0 Å². The fourth-order valence-electron chi connectivity index (χ4n) is 2.48. The Bertz CT molecular complexity index is 873. The van der Waals surface area contributed by atoms with Crippen LogP contribution in [0.4, 0.5) is 33.1 Å². The van der Waals surface area contributed by atoms with Crippen LogP contribution in [0.5, 0.6) is 0 Å². The first kappa shape index (κ1) is 17.2. The number of nitrogens with two attached hydrogens (primary N) is 1. The van der Waals surface area contributed by atoms with Crippen molar-refractivity contribution in [2.45, 2.75) is 6.92 Å². The van der Waals surface area contributed by atoms with Gasteiger partial charge in [0.05, 0.1) is 5.69 Å². The lowest BCUT2D eigenvalue weighted by Crippen LogP contribution is -2.19. The second-order valence-corrected chi connectivity index (χ2v) is 6.20. The van der Waals surface area contributed by atoms with Crippen LogP contribution in [0.2, 0.25) is 0 Å². The molecule has 2 aromatic carbocycles. The second-order valence-electron chi connectivity index (χ2n) is 5.29. The van der Waals surface area contributed by atoms with Gasteiger partial charge in [0.25, 0.3) is 0 Å². The molecular weight excluding hydrogens is 385 g/mol. The van der Waals surface area contributed by atoms with Crippen LogP contribution >= 0.6 is 15.9 Å². The molecule has 0 fully saturated rings. The minimum Gasteiger partial charge on any atom is -0.393 e. The number of aromatic nitrogens is 2. The number of benzene rings is 2. The van der Waals surface area contributed by atoms with E-state index in [-0.39, 0.29) is 0 Å². The van der Waals surface area contributed by atoms with Gasteiger partial charge >= 0.3 is 0 Å². The number of nitrogens with zero attached hydrogens (tertiary/aromatic N) is 3. The summed E-state index contributed by atoms with van der Waals surface area (Å²) in [5, 5.41) is 2.94. The molecule has 3 N–H and O–H groups in total. The van der Waals surface area contributed by atoms with Gasteiger partial charge < -0.3 is 16.0 Å². The number of rotatable bonds is 5. The van der Waals surface area contributed by atoms with Crippen LogP contribution in [-0.4, -0.2) is 16.5 Å². The zero-order valence-corrected chi connectivity index (χ0v) is 15.2. The molecule has 25 heavy (non-hydrogen) atoms. The summed E-state index contributed by atoms with van der Waals surface area (Å²) in [6.07, 6.45) is 1.41. The number of para-hydroxylation sites is 1. The first-order chi connectivity index (χ1) is 12.1. The largest absolute Gasteiger partial charge is 0.393 e. The minimum atomic E-state index is -0.399. The van der Waals surface area contributed by atoms with Crippen molar-refractivity contribution in [3.63, 3.8) is 0 Å². The highest BCUT2D eigenvalue weighted by Gasteiger charge is 2.16. The molecule has 128 valence electrons. The van der Waals surface area contributed by atoms with Gasteiger partial charge in [-0.2, -0.15) is 0 Å². The van der Waals surface area contributed by atoms with E-state index in [9.17, 15) is 4.39 Å². The molecule has 0 saturated carbocycles. The predicted molar refractivity (Wildman–Crippen MR) is 103 cm³/mol. The molecule has 3 rings (SSSR count). The van der Waals surface area contributed by atoms with Gasteiger partial charge in [-0.1, -0.05) is 34.1 Å². The summed E-state index contributed by atoms with van der Waals surface area (Å²) in [6, 6.07) is 14.5. The van der Waals surface area contributed by atoms with E-state index in [0.29, 0.717) is 34.0 Å². The van der Waals surface area contributed by atoms with Gasteiger partial charge in [-0.05, 0) is 37.3 Å². The lowest BCUT2D eigenvalue weighted by atomic mass is 10.2. The molecule has 0 unspecified atom stereocenters. The Balaban J connectivity index is 1.97. The van der Waals surface area contributed by atoms with Crippen molar-refractivity contribution in [1.82, 2.24) is 9.97 Å². The first-order valence-electron chi connectivity index (χ1n) is 7.75. The normalized spacial score (nSPS) is 10.5. The number of hydrogen-bond donors (Lipinski definition) is 2. The van der Waals surface area contributed by atoms with Crippen molar-refractivity contribution >= 4 is 44.6 Å². The Morgan fingerprint density at radius 1 is 1.16 bits per heavy atom. The summed E-state index contributed by atoms with van der Waals surface area (Å²) in [5.41, 5.74) is 7.88. The maximum absolute atomic E-state index is 14.1. The summed E-state index contributed by atoms with van der Waals surface area (Å²) in [4.78, 5) is 10.4. The van der Waals surface area contributed by atoms with Gasteiger partial charge in [-0.3, -0.25) is 0 Å². The number of nitrogens with one attached hydrogen (secondary N) is 1. The average molecular weight is 402 g/mol. The molecule has 0 aliphatic rings. The highest BCUT2D eigenvalue weighted by atomic mass is 79.9. The molecule has 0 spiro atoms. The van der Waals surface area contributed by atoms with Crippen LogP contribution in [-0.2, 0) is 0 Å². The molecule has 0 aliphatic heterocycles. The van der Waals surface area contributed by atoms with E-state index in [0.717, 1.165) is 5.69 Å². The van der Waals surface area contributed by atoms with Crippen LogP contribution in [0.15, 0.2) is 59.3 Å². The third kappa shape index (κ3) is 3.71. The number of halogens is 2. The van der Waals surface area contributed by atoms with Gasteiger partial charge in [0.1, 0.15) is 17.8 Å². The number of anilines is 5. The Labute approximate surface area is 153 Å². The minimum absolute atomic E-state index is 0.294. The van der Waals surface area contributed by atoms with Gasteiger partial charge in [-0.15, -0.1) is 0 Å². The number of nitrogen functional groups attached to an aromatic ring is 1. The standard InChI is InChI=1S/C18H17BrFN5/c1-2-25(13-6-4-3-5-7-13)18-16(21)17(22-11-23-18)24-15-9-8-12(19)10-14(15)20/h3-11H,2,21H2,1H3,(H,22,23,24). The first-order valence-corrected chi connectivity index (χ1v) is 8.54. The van der Waals surface area contributed by atoms with E-state index < -0.39 is 5.82 Å². The highest BCUT2D eigenvalue weighted by Crippen LogP contribution is 2.33. The monoisotopic (exact) mass is 401 g/mol. The van der Waals surface area contributed by atoms with E-state index in [2.05, 4.69) is 31.2 Å². The van der Waals surface area contributed by atoms with Crippen LogP contribution in [0.25, 0.3) is 0 Å². The van der Waals surface area contributed by atoms with E-state index in [1.54, 1.807) is 12.1 Å². The molecule has 3 aromatic rings. The molecule has 0 radical (unpaired) electrons. The molecule has 1 aromatic heterocycles. The third-order valence-electron chi connectivity index (χ3n) is 3.69. The van der Waals surface area contributed by atoms with Crippen molar-refractivity contribution in [3.05, 3.63) is 65.1 Å². The Hall–Kier alpha value is -2.67. The molecule has 0 saturated heterocycles. The maximum atomic E-state index is 14.1. The van der Waals surface area contributed by atoms with Crippen LogP contribution in [0, 0.1) is 5.82 Å². The van der Waals surface area contributed by atoms with Gasteiger partial charge in [-0.25, -0.2) is 14.4 Å². The fourth-order valence-corrected chi connectivity index (χ4v) is 2.82. The summed E-state index contributed by atoms with van der Waals surface area (Å²) in [5.74, 6) is 0.536. The highest BCUT2D eigenvalue weighted by molar-refractivity contribution is 9.10. The Kier molecular flexibility index (Phi) is 5.14. The SMILES string of the molecule is CCN(c1ccccc1)c1ncnc(Nc2ccc(Br)cc2F)c1N. The predicted octanol–water partition coefficient (Wildman–Crippen LogP) is 4.86. The molecule has 5 nitrogen and oxygen atoms in total. The van der Waals surface area contributed by atoms with Crippen LogP contribution < -0.4 is 16.0 Å². The van der Waals surface area contributed by atoms with Crippen molar-refractivity contribution in [2.75, 3.05) is 22.5 Å². The molecule has 0 amide bonds. The average Bonchev–Trinajstić information content (AvgIpc) is 2.62. The Morgan fingerprint density at radius 3 is 2.60 bits per heavy atom. The summed E-state index contributed by atoms with van der Waals surface area (Å²) < 4.78 is 14.7. The molecule has 0 bridgehead atoms. The molecule has 7 heteroatoms. The van der Waals surface area contributed by atoms with Crippen molar-refractivity contribution in [2.24, 2.45) is 0 Å². The number of hydrogen-bond acceptors (Lipinski definition) is 5. The summed E-state index contributed by atoms with van der Waals surface area (Å²) in [7, 11) is 0. The molecule has 0 atom stereocenters. The summed E-state index contributed by atoms with van der Waals surface area (Å²) in [6.45, 7) is 2.69. The quantitative estimate of drug-likeness (QED) is 0.638. The van der Waals surface area contributed by atoms with Crippen molar-refractivity contribution < 1.29 is 4.39 Å². The van der Waals surface area contributed by atoms with Crippen molar-refractivity contribution in [3.8, 4) is 0 Å². The van der Waals surface area contributed by atoms with E-state index in [1.807, 2.05) is 42.2 Å². The van der Waals surface area contributed by atoms with Gasteiger partial charge in [0.2, 0.25) is 0 Å². The van der Waals surface area contributed by atoms with Gasteiger partial charge in [0.15, 0.2) is 11.6 Å². The van der Waals surface area contributed by atoms with E-state index in [4.69, 9.17) is 5.73 Å². The summed E-state index contributed by atoms with van der Waals surface area (Å²) >= 11 is 3.24. The van der Waals surface area contributed by atoms with Crippen LogP contribution in [0.1, 0.15) is 6.92 Å².